The van der Waals surface area contributed by atoms with E-state index in [1.54, 1.807) is 41.9 Å². The number of ether oxygens (including phenoxy) is 2. The Morgan fingerprint density at radius 2 is 1.88 bits per heavy atom. The molecule has 0 aliphatic rings. The molecule has 178 valence electrons. The highest BCUT2D eigenvalue weighted by Crippen LogP contribution is 2.41. The molecule has 2 aromatic carbocycles. The molecule has 33 heavy (non-hydrogen) atoms. The zero-order valence-corrected chi connectivity index (χ0v) is 19.2. The third-order valence-corrected chi connectivity index (χ3v) is 5.09. The lowest BCUT2D eigenvalue weighted by Crippen LogP contribution is -2.29. The Morgan fingerprint density at radius 3 is 2.55 bits per heavy atom. The second-order valence-electron chi connectivity index (χ2n) is 8.33. The Hall–Kier alpha value is -3.36. The van der Waals surface area contributed by atoms with E-state index in [4.69, 9.17) is 19.8 Å². The highest BCUT2D eigenvalue weighted by Gasteiger charge is 2.34. The first-order chi connectivity index (χ1) is 15.7. The van der Waals surface area contributed by atoms with Gasteiger partial charge < -0.3 is 14.6 Å². The van der Waals surface area contributed by atoms with Gasteiger partial charge in [0.2, 0.25) is 0 Å². The topological polar surface area (TPSA) is 117 Å². The summed E-state index contributed by atoms with van der Waals surface area (Å²) in [4.78, 5) is 23.9. The molecular weight excluding hydrogens is 424 g/mol. The third-order valence-electron chi connectivity index (χ3n) is 5.09. The molecule has 0 spiro atoms. The summed E-state index contributed by atoms with van der Waals surface area (Å²) in [6.07, 6.45) is 2.80. The van der Waals surface area contributed by atoms with E-state index in [2.05, 4.69) is 5.32 Å². The molecule has 2 aromatic rings. The van der Waals surface area contributed by atoms with E-state index in [9.17, 15) is 9.59 Å². The van der Waals surface area contributed by atoms with Crippen molar-refractivity contribution in [3.8, 4) is 5.75 Å². The smallest absolute Gasteiger partial charge is 0.412 e. The van der Waals surface area contributed by atoms with Gasteiger partial charge in [0.15, 0.2) is 0 Å². The van der Waals surface area contributed by atoms with Crippen LogP contribution in [0.15, 0.2) is 60.7 Å². The first-order valence-corrected chi connectivity index (χ1v) is 10.7. The van der Waals surface area contributed by atoms with Gasteiger partial charge in [-0.25, -0.2) is 10.3 Å². The predicted molar refractivity (Wildman–Crippen MR) is 125 cm³/mol. The maximum absolute atomic E-state index is 12.8. The van der Waals surface area contributed by atoms with Crippen molar-refractivity contribution in [3.05, 3.63) is 71.8 Å². The molecule has 0 fully saturated rings. The standard InChI is InChI=1S/C25H32N2O6/c1-18-10-12-20(13-11-18)26-24(30)33-23(19-7-6-8-21(17-19)32-16-15-28)25(2,3)14-5-4-9-22(29)27-31/h4,6-13,17,23,28,31H,5,14-16H2,1-3H3,(H,26,30)(H,27,29)/b9-4+/t23-/m0/s1. The number of hydroxylamine groups is 1. The highest BCUT2D eigenvalue weighted by molar-refractivity contribution is 5.86. The van der Waals surface area contributed by atoms with Crippen molar-refractivity contribution in [1.29, 1.82) is 0 Å². The molecular formula is C25H32N2O6. The van der Waals surface area contributed by atoms with Gasteiger partial charge in [-0.1, -0.05) is 49.8 Å². The van der Waals surface area contributed by atoms with Crippen LogP contribution < -0.4 is 15.5 Å². The number of carbonyl (C=O) groups excluding carboxylic acids is 2. The number of allylic oxidation sites excluding steroid dienone is 1. The van der Waals surface area contributed by atoms with Crippen LogP contribution in [0.5, 0.6) is 5.75 Å². The van der Waals surface area contributed by atoms with E-state index < -0.39 is 23.5 Å². The quantitative estimate of drug-likeness (QED) is 0.224. The van der Waals surface area contributed by atoms with Gasteiger partial charge in [-0.2, -0.15) is 0 Å². The number of nitrogens with one attached hydrogen (secondary N) is 2. The van der Waals surface area contributed by atoms with Crippen LogP contribution in [0.2, 0.25) is 0 Å². The summed E-state index contributed by atoms with van der Waals surface area (Å²) < 4.78 is 11.4. The molecule has 4 N–H and O–H groups in total. The van der Waals surface area contributed by atoms with Crippen molar-refractivity contribution in [2.75, 3.05) is 18.5 Å². The second kappa shape index (κ2) is 12.6. The summed E-state index contributed by atoms with van der Waals surface area (Å²) in [5.74, 6) is -0.0452. The Labute approximate surface area is 194 Å². The van der Waals surface area contributed by atoms with Crippen LogP contribution >= 0.6 is 0 Å². The molecule has 8 nitrogen and oxygen atoms in total. The molecule has 0 saturated heterocycles. The average Bonchev–Trinajstić information content (AvgIpc) is 2.80. The van der Waals surface area contributed by atoms with E-state index in [0.717, 1.165) is 11.1 Å². The summed E-state index contributed by atoms with van der Waals surface area (Å²) in [6, 6.07) is 14.6. The lowest BCUT2D eigenvalue weighted by Gasteiger charge is -2.34. The van der Waals surface area contributed by atoms with Crippen LogP contribution in [0, 0.1) is 12.3 Å². The van der Waals surface area contributed by atoms with E-state index in [1.165, 1.54) is 6.08 Å². The fourth-order valence-corrected chi connectivity index (χ4v) is 3.31. The number of aliphatic hydroxyl groups is 1. The first kappa shape index (κ1) is 25.9. The van der Waals surface area contributed by atoms with Gasteiger partial charge in [-0.3, -0.25) is 15.3 Å². The van der Waals surface area contributed by atoms with Crippen LogP contribution in [0.4, 0.5) is 10.5 Å². The number of aliphatic hydroxyl groups excluding tert-OH is 1. The molecule has 0 aliphatic heterocycles. The number of rotatable bonds is 11. The van der Waals surface area contributed by atoms with Crippen LogP contribution in [-0.2, 0) is 9.53 Å². The minimum atomic E-state index is -0.624. The van der Waals surface area contributed by atoms with Gasteiger partial charge >= 0.3 is 6.09 Å². The van der Waals surface area contributed by atoms with Crippen LogP contribution in [0.25, 0.3) is 0 Å². The molecule has 0 saturated carbocycles. The molecule has 0 aliphatic carbocycles. The van der Waals surface area contributed by atoms with E-state index in [0.29, 0.717) is 24.3 Å². The summed E-state index contributed by atoms with van der Waals surface area (Å²) >= 11 is 0. The Balaban J connectivity index is 2.22. The van der Waals surface area contributed by atoms with Crippen molar-refractivity contribution in [3.63, 3.8) is 0 Å². The molecule has 0 unspecified atom stereocenters. The number of aryl methyl sites for hydroxylation is 1. The van der Waals surface area contributed by atoms with Crippen LogP contribution in [0.3, 0.4) is 0 Å². The van der Waals surface area contributed by atoms with E-state index in [-0.39, 0.29) is 13.2 Å². The van der Waals surface area contributed by atoms with Gasteiger partial charge in [0, 0.05) is 17.2 Å². The lowest BCUT2D eigenvalue weighted by atomic mass is 9.78. The van der Waals surface area contributed by atoms with Gasteiger partial charge in [0.25, 0.3) is 5.91 Å². The van der Waals surface area contributed by atoms with Gasteiger partial charge in [-0.05, 0) is 49.6 Å². The van der Waals surface area contributed by atoms with Crippen LogP contribution in [0.1, 0.15) is 43.9 Å². The molecule has 0 aromatic heterocycles. The van der Waals surface area contributed by atoms with Crippen molar-refractivity contribution >= 4 is 17.7 Å². The fourth-order valence-electron chi connectivity index (χ4n) is 3.31. The van der Waals surface area contributed by atoms with Crippen molar-refractivity contribution in [2.24, 2.45) is 5.41 Å². The predicted octanol–water partition coefficient (Wildman–Crippen LogP) is 4.52. The minimum absolute atomic E-state index is 0.109. The molecule has 1 atom stereocenters. The van der Waals surface area contributed by atoms with E-state index >= 15 is 0 Å². The normalized spacial score (nSPS) is 12.3. The third kappa shape index (κ3) is 8.59. The maximum atomic E-state index is 12.8. The van der Waals surface area contributed by atoms with Crippen molar-refractivity contribution in [2.45, 2.75) is 39.7 Å². The lowest BCUT2D eigenvalue weighted by molar-refractivity contribution is -0.124. The fraction of sp³-hybridized carbons (Fsp3) is 0.360. The Kier molecular flexibility index (Phi) is 9.90. The number of anilines is 1. The summed E-state index contributed by atoms with van der Waals surface area (Å²) in [5, 5.41) is 20.4. The first-order valence-electron chi connectivity index (χ1n) is 10.7. The number of hydrogen-bond acceptors (Lipinski definition) is 6. The molecule has 0 bridgehead atoms. The molecule has 0 radical (unpaired) electrons. The van der Waals surface area contributed by atoms with Gasteiger partial charge in [0.05, 0.1) is 6.61 Å². The number of carbonyl (C=O) groups is 2. The van der Waals surface area contributed by atoms with Crippen LogP contribution in [-0.4, -0.2) is 35.5 Å². The second-order valence-corrected chi connectivity index (χ2v) is 8.33. The molecule has 2 rings (SSSR count). The van der Waals surface area contributed by atoms with E-state index in [1.807, 2.05) is 39.0 Å². The Bertz CT molecular complexity index is 940. The number of amides is 2. The summed E-state index contributed by atoms with van der Waals surface area (Å²) in [5.41, 5.74) is 3.48. The minimum Gasteiger partial charge on any atom is -0.491 e. The molecule has 2 amide bonds. The highest BCUT2D eigenvalue weighted by atomic mass is 16.6. The molecule has 0 heterocycles. The zero-order chi connectivity index (χ0) is 24.3. The molecule has 8 heteroatoms. The zero-order valence-electron chi connectivity index (χ0n) is 19.2. The SMILES string of the molecule is Cc1ccc(NC(=O)O[C@@H](c2cccc(OCCO)c2)C(C)(C)CC/C=C/C(=O)NO)cc1. The number of benzene rings is 2. The van der Waals surface area contributed by atoms with Gasteiger partial charge in [0.1, 0.15) is 18.5 Å². The van der Waals surface area contributed by atoms with Gasteiger partial charge in [-0.15, -0.1) is 0 Å². The largest absolute Gasteiger partial charge is 0.491 e. The Morgan fingerprint density at radius 1 is 1.15 bits per heavy atom. The monoisotopic (exact) mass is 456 g/mol. The van der Waals surface area contributed by atoms with Crippen molar-refractivity contribution < 1.29 is 29.4 Å². The number of hydrogen-bond donors (Lipinski definition) is 4. The summed E-state index contributed by atoms with van der Waals surface area (Å²) in [7, 11) is 0. The maximum Gasteiger partial charge on any atom is 0.412 e. The van der Waals surface area contributed by atoms with Crippen molar-refractivity contribution in [1.82, 2.24) is 5.48 Å². The summed E-state index contributed by atoms with van der Waals surface area (Å²) in [6.45, 7) is 5.95. The average molecular weight is 457 g/mol.